The Bertz CT molecular complexity index is 1210. The lowest BCUT2D eigenvalue weighted by Gasteiger charge is -2.34. The van der Waals surface area contributed by atoms with Gasteiger partial charge in [-0.15, -0.1) is 5.10 Å². The Hall–Kier alpha value is -3.75. The number of hydrogen-bond acceptors (Lipinski definition) is 6. The predicted octanol–water partition coefficient (Wildman–Crippen LogP) is 2.41. The summed E-state index contributed by atoms with van der Waals surface area (Å²) in [5.41, 5.74) is 6.65. The number of benzene rings is 1. The van der Waals surface area contributed by atoms with Crippen LogP contribution < -0.4 is 16.1 Å². The lowest BCUT2D eigenvalue weighted by Crippen LogP contribution is -2.44. The fourth-order valence-electron chi connectivity index (χ4n) is 3.63. The van der Waals surface area contributed by atoms with E-state index in [-0.39, 0.29) is 29.5 Å². The summed E-state index contributed by atoms with van der Waals surface area (Å²) in [6.07, 6.45) is 4.13. The van der Waals surface area contributed by atoms with Crippen molar-refractivity contribution in [2.45, 2.75) is 18.9 Å². The topological polar surface area (TPSA) is 113 Å². The number of amidine groups is 1. The minimum atomic E-state index is -1.33. The Kier molecular flexibility index (Phi) is 3.67. The van der Waals surface area contributed by atoms with Gasteiger partial charge in [0.2, 0.25) is 5.43 Å². The first-order chi connectivity index (χ1) is 13.9. The third-order valence-corrected chi connectivity index (χ3v) is 5.23. The molecule has 0 saturated heterocycles. The van der Waals surface area contributed by atoms with Crippen LogP contribution in [0.15, 0.2) is 51.3 Å². The molecule has 0 amide bonds. The second-order valence-corrected chi connectivity index (χ2v) is 7.22. The molecule has 146 valence electrons. The zero-order valence-electron chi connectivity index (χ0n) is 15.2. The number of carbonyl (C=O) groups is 1. The molecule has 8 nitrogen and oxygen atoms in total. The van der Waals surface area contributed by atoms with Crippen LogP contribution in [0.2, 0.25) is 0 Å². The van der Waals surface area contributed by atoms with E-state index >= 15 is 0 Å². The number of carboxylic acid groups (broad SMARTS) is 1. The van der Waals surface area contributed by atoms with Crippen LogP contribution >= 0.6 is 0 Å². The third-order valence-electron chi connectivity index (χ3n) is 5.23. The summed E-state index contributed by atoms with van der Waals surface area (Å²) in [5, 5.41) is 17.6. The molecule has 9 heteroatoms. The molecular weight excluding hydrogens is 377 g/mol. The highest BCUT2D eigenvalue weighted by Gasteiger charge is 2.37. The molecule has 5 rings (SSSR count). The fraction of sp³-hybridized carbons (Fsp3) is 0.200. The van der Waals surface area contributed by atoms with E-state index in [1.54, 1.807) is 33.7 Å². The maximum absolute atomic E-state index is 14.7. The second kappa shape index (κ2) is 6.13. The molecule has 3 heterocycles. The van der Waals surface area contributed by atoms with E-state index in [1.807, 2.05) is 0 Å². The van der Waals surface area contributed by atoms with Crippen LogP contribution in [0.3, 0.4) is 0 Å². The Balaban J connectivity index is 1.69. The van der Waals surface area contributed by atoms with E-state index < -0.39 is 17.2 Å². The number of nitrogen functional groups attached to an aromatic ring is 1. The Labute approximate surface area is 164 Å². The molecule has 0 unspecified atom stereocenters. The maximum atomic E-state index is 14.7. The van der Waals surface area contributed by atoms with Crippen molar-refractivity contribution in [1.29, 1.82) is 0 Å². The molecule has 0 atom stereocenters. The van der Waals surface area contributed by atoms with Gasteiger partial charge < -0.3 is 20.3 Å². The highest BCUT2D eigenvalue weighted by atomic mass is 19.1. The molecule has 0 spiro atoms. The van der Waals surface area contributed by atoms with Crippen LogP contribution in [0.25, 0.3) is 6.08 Å². The van der Waals surface area contributed by atoms with Gasteiger partial charge >= 0.3 is 5.97 Å². The molecule has 0 bridgehead atoms. The molecule has 0 radical (unpaired) electrons. The Morgan fingerprint density at radius 2 is 1.93 bits per heavy atom. The summed E-state index contributed by atoms with van der Waals surface area (Å²) < 4.78 is 16.5. The van der Waals surface area contributed by atoms with Crippen molar-refractivity contribution >= 4 is 35.1 Å². The summed E-state index contributed by atoms with van der Waals surface area (Å²) >= 11 is 0. The van der Waals surface area contributed by atoms with Crippen LogP contribution in [0.4, 0.5) is 15.9 Å². The smallest absolute Gasteiger partial charge is 0.341 e. The van der Waals surface area contributed by atoms with Crippen molar-refractivity contribution in [3.8, 4) is 0 Å². The van der Waals surface area contributed by atoms with Gasteiger partial charge in [0.15, 0.2) is 11.7 Å². The lowest BCUT2D eigenvalue weighted by molar-refractivity contribution is 0.0694. The largest absolute Gasteiger partial charge is 0.477 e. The van der Waals surface area contributed by atoms with Gasteiger partial charge in [0.1, 0.15) is 11.4 Å². The number of halogens is 1. The average molecular weight is 393 g/mol. The van der Waals surface area contributed by atoms with E-state index in [2.05, 4.69) is 10.2 Å². The molecule has 29 heavy (non-hydrogen) atoms. The van der Waals surface area contributed by atoms with Crippen molar-refractivity contribution in [3.05, 3.63) is 63.2 Å². The molecule has 1 aliphatic carbocycles. The van der Waals surface area contributed by atoms with Gasteiger partial charge in [-0.2, -0.15) is 5.10 Å². The first-order valence-corrected chi connectivity index (χ1v) is 9.12. The summed E-state index contributed by atoms with van der Waals surface area (Å²) in [6.45, 7) is 0.190. The second-order valence-electron chi connectivity index (χ2n) is 7.22. The first kappa shape index (κ1) is 17.4. The van der Waals surface area contributed by atoms with Crippen LogP contribution in [0, 0.1) is 0 Å². The number of aromatic nitrogens is 1. The zero-order valence-corrected chi connectivity index (χ0v) is 15.2. The molecule has 1 fully saturated rings. The van der Waals surface area contributed by atoms with Crippen molar-refractivity contribution in [2.75, 3.05) is 17.2 Å². The van der Waals surface area contributed by atoms with Crippen LogP contribution in [0.5, 0.6) is 0 Å². The van der Waals surface area contributed by atoms with E-state index in [0.29, 0.717) is 17.2 Å². The highest BCUT2D eigenvalue weighted by molar-refractivity contribution is 6.20. The number of aromatic carboxylic acids is 1. The van der Waals surface area contributed by atoms with Crippen molar-refractivity contribution < 1.29 is 14.3 Å². The van der Waals surface area contributed by atoms with Gasteiger partial charge in [0, 0.05) is 17.9 Å². The zero-order chi connectivity index (χ0) is 20.3. The maximum Gasteiger partial charge on any atom is 0.341 e. The summed E-state index contributed by atoms with van der Waals surface area (Å²) in [5.74, 6) is -1.60. The minimum absolute atomic E-state index is 0.00794. The number of hydrogen-bond donors (Lipinski definition) is 2. The lowest BCUT2D eigenvalue weighted by atomic mass is 10.0. The number of nitrogens with two attached hydrogens (primary N) is 1. The van der Waals surface area contributed by atoms with Gasteiger partial charge in [0.05, 0.1) is 17.8 Å². The molecule has 3 aliphatic rings. The predicted molar refractivity (Wildman–Crippen MR) is 107 cm³/mol. The van der Waals surface area contributed by atoms with Gasteiger partial charge in [-0.25, -0.2) is 9.18 Å². The normalized spacial score (nSPS) is 17.7. The van der Waals surface area contributed by atoms with Gasteiger partial charge in [-0.05, 0) is 36.6 Å². The number of anilines is 2. The minimum Gasteiger partial charge on any atom is -0.477 e. The fourth-order valence-corrected chi connectivity index (χ4v) is 3.63. The monoisotopic (exact) mass is 393 g/mol. The molecule has 3 N–H and O–H groups in total. The third kappa shape index (κ3) is 2.74. The molecule has 2 aromatic rings. The summed E-state index contributed by atoms with van der Waals surface area (Å²) in [7, 11) is 0. The molecular formula is C20H16FN5O3. The van der Waals surface area contributed by atoms with Crippen LogP contribution in [-0.4, -0.2) is 33.7 Å². The molecule has 1 saturated carbocycles. The Morgan fingerprint density at radius 1 is 1.21 bits per heavy atom. The summed E-state index contributed by atoms with van der Waals surface area (Å²) in [6, 6.07) is 7.14. The van der Waals surface area contributed by atoms with Gasteiger partial charge in [-0.3, -0.25) is 4.79 Å². The van der Waals surface area contributed by atoms with E-state index in [0.717, 1.165) is 24.5 Å². The number of carboxylic acids is 1. The van der Waals surface area contributed by atoms with Crippen molar-refractivity contribution in [1.82, 2.24) is 4.57 Å². The number of rotatable bonds is 3. The standard InChI is InChI=1S/C20H16FN5O3/c21-15-7-13-17(27)14(20(28)29)8-25(12-5-6-12)19(13)26-9-16(23-24-18(15)26)10-1-3-11(22)4-2-10/h1-4,7-8,12H,5-6,9,22H2,(H,28,29). The van der Waals surface area contributed by atoms with Crippen LogP contribution in [-0.2, 0) is 0 Å². The SMILES string of the molecule is Nc1ccc(C2=NN=C3C(F)=Cc4c(n(C5CC5)cc(C(=O)O)c4=O)N3C2)cc1. The van der Waals surface area contributed by atoms with Gasteiger partial charge in [0.25, 0.3) is 0 Å². The van der Waals surface area contributed by atoms with Crippen molar-refractivity contribution in [3.63, 3.8) is 0 Å². The number of nitrogens with zero attached hydrogens (tertiary/aromatic N) is 4. The average Bonchev–Trinajstić information content (AvgIpc) is 3.54. The van der Waals surface area contributed by atoms with E-state index in [9.17, 15) is 19.1 Å². The number of pyridine rings is 1. The van der Waals surface area contributed by atoms with Gasteiger partial charge in [-0.1, -0.05) is 12.1 Å². The molecule has 2 aliphatic heterocycles. The van der Waals surface area contributed by atoms with Crippen molar-refractivity contribution in [2.24, 2.45) is 10.2 Å². The molecule has 1 aromatic carbocycles. The van der Waals surface area contributed by atoms with E-state index in [1.165, 1.54) is 6.20 Å². The summed E-state index contributed by atoms with van der Waals surface area (Å²) in [4.78, 5) is 25.9. The Morgan fingerprint density at radius 3 is 2.59 bits per heavy atom. The quantitative estimate of drug-likeness (QED) is 0.778. The molecule has 1 aromatic heterocycles. The van der Waals surface area contributed by atoms with Crippen LogP contribution in [0.1, 0.15) is 40.4 Å². The first-order valence-electron chi connectivity index (χ1n) is 9.12. The number of fused-ring (bicyclic) bond motifs is 3. The van der Waals surface area contributed by atoms with E-state index in [4.69, 9.17) is 5.73 Å². The highest BCUT2D eigenvalue weighted by Crippen LogP contribution is 2.41.